The number of hydrogen-bond acceptors (Lipinski definition) is 2. The maximum absolute atomic E-state index is 12.2. The van der Waals surface area contributed by atoms with Gasteiger partial charge in [0, 0.05) is 10.0 Å². The minimum Gasteiger partial charge on any atom is -0.506 e. The van der Waals surface area contributed by atoms with Crippen LogP contribution in [0.1, 0.15) is 11.6 Å². The number of benzene rings is 1. The van der Waals surface area contributed by atoms with Crippen LogP contribution in [0.25, 0.3) is 0 Å². The van der Waals surface area contributed by atoms with Gasteiger partial charge < -0.3 is 10.8 Å². The molecule has 14 heavy (non-hydrogen) atoms. The van der Waals surface area contributed by atoms with Crippen LogP contribution in [-0.4, -0.2) is 11.8 Å². The first kappa shape index (κ1) is 14.2. The molecule has 6 heteroatoms. The van der Waals surface area contributed by atoms with Crippen molar-refractivity contribution in [1.29, 1.82) is 0 Å². The Balaban J connectivity index is 0.00000169. The number of phenolic OH excluding ortho intramolecular Hbond substituents is 1. The maximum Gasteiger partial charge on any atom is 0.134 e. The number of nitrogens with two attached hydrogens (primary N) is 1. The average molecular weight is 349 g/mol. The van der Waals surface area contributed by atoms with Gasteiger partial charge in [0.15, 0.2) is 0 Å². The van der Waals surface area contributed by atoms with Crippen LogP contribution in [0.2, 0.25) is 0 Å². The molecule has 0 bridgehead atoms. The second-order valence-corrected chi connectivity index (χ2v) is 4.36. The molecule has 0 saturated carbocycles. The highest BCUT2D eigenvalue weighted by molar-refractivity contribution is 9.11. The van der Waals surface area contributed by atoms with Crippen LogP contribution < -0.4 is 5.73 Å². The molecule has 2 nitrogen and oxygen atoms in total. The van der Waals surface area contributed by atoms with Gasteiger partial charge in [-0.15, -0.1) is 12.4 Å². The second-order valence-electron chi connectivity index (χ2n) is 2.59. The summed E-state index contributed by atoms with van der Waals surface area (Å²) in [5.74, 6) is -0.00616. The Morgan fingerprint density at radius 2 is 2.00 bits per heavy atom. The Kier molecular flexibility index (Phi) is 5.97. The Labute approximate surface area is 104 Å². The summed E-state index contributed by atoms with van der Waals surface area (Å²) in [6.07, 6.45) is 0. The van der Waals surface area contributed by atoms with Gasteiger partial charge in [-0.3, -0.25) is 0 Å². The molecule has 0 unspecified atom stereocenters. The zero-order valence-corrected chi connectivity index (χ0v) is 11.0. The van der Waals surface area contributed by atoms with Crippen LogP contribution in [0.4, 0.5) is 4.39 Å². The van der Waals surface area contributed by atoms with Crippen LogP contribution in [0.5, 0.6) is 5.75 Å². The van der Waals surface area contributed by atoms with Gasteiger partial charge in [-0.25, -0.2) is 4.39 Å². The van der Waals surface area contributed by atoms with E-state index in [-0.39, 0.29) is 18.2 Å². The largest absolute Gasteiger partial charge is 0.506 e. The third-order valence-electron chi connectivity index (χ3n) is 1.62. The summed E-state index contributed by atoms with van der Waals surface area (Å²) in [4.78, 5) is 0. The van der Waals surface area contributed by atoms with Crippen LogP contribution in [0.3, 0.4) is 0 Å². The van der Waals surface area contributed by atoms with E-state index in [1.54, 1.807) is 12.1 Å². The predicted octanol–water partition coefficient (Wildman–Crippen LogP) is 3.31. The smallest absolute Gasteiger partial charge is 0.134 e. The van der Waals surface area contributed by atoms with Crippen molar-refractivity contribution in [3.05, 3.63) is 26.6 Å². The summed E-state index contributed by atoms with van der Waals surface area (Å²) in [5.41, 5.74) is 5.85. The standard InChI is InChI=1S/C8H8Br2FNO.ClH/c9-4-1-5(7(12)3-11)8(13)6(10)2-4;/h1-2,7,13H,3,12H2;1H/t7-;/m1./s1. The van der Waals surface area contributed by atoms with Crippen LogP contribution >= 0.6 is 44.3 Å². The highest BCUT2D eigenvalue weighted by Gasteiger charge is 2.13. The van der Waals surface area contributed by atoms with Crippen molar-refractivity contribution < 1.29 is 9.50 Å². The van der Waals surface area contributed by atoms with Gasteiger partial charge in [0.05, 0.1) is 10.5 Å². The molecule has 0 saturated heterocycles. The molecule has 0 spiro atoms. The number of hydrogen-bond donors (Lipinski definition) is 2. The van der Waals surface area contributed by atoms with E-state index in [0.29, 0.717) is 10.0 Å². The second kappa shape index (κ2) is 5.90. The van der Waals surface area contributed by atoms with E-state index < -0.39 is 12.7 Å². The van der Waals surface area contributed by atoms with Gasteiger partial charge in [0.25, 0.3) is 0 Å². The van der Waals surface area contributed by atoms with Gasteiger partial charge in [0.1, 0.15) is 12.4 Å². The Morgan fingerprint density at radius 3 is 2.50 bits per heavy atom. The molecule has 1 rings (SSSR count). The summed E-state index contributed by atoms with van der Waals surface area (Å²) in [5, 5.41) is 9.51. The third kappa shape index (κ3) is 3.08. The zero-order valence-electron chi connectivity index (χ0n) is 7.01. The maximum atomic E-state index is 12.2. The summed E-state index contributed by atoms with van der Waals surface area (Å²) >= 11 is 6.36. The van der Waals surface area contributed by atoms with Crippen molar-refractivity contribution in [2.75, 3.05) is 6.67 Å². The minimum atomic E-state index is -0.784. The van der Waals surface area contributed by atoms with E-state index in [0.717, 1.165) is 4.47 Å². The van der Waals surface area contributed by atoms with Crippen molar-refractivity contribution >= 4 is 44.3 Å². The summed E-state index contributed by atoms with van der Waals surface area (Å²) < 4.78 is 13.5. The highest BCUT2D eigenvalue weighted by atomic mass is 79.9. The molecule has 0 amide bonds. The molecule has 1 aromatic carbocycles. The quantitative estimate of drug-likeness (QED) is 0.860. The lowest BCUT2D eigenvalue weighted by atomic mass is 10.1. The first-order valence-corrected chi connectivity index (χ1v) is 5.14. The van der Waals surface area contributed by atoms with Crippen molar-refractivity contribution in [3.8, 4) is 5.75 Å². The fourth-order valence-corrected chi connectivity index (χ4v) is 2.21. The van der Waals surface area contributed by atoms with Gasteiger partial charge >= 0.3 is 0 Å². The zero-order chi connectivity index (χ0) is 10.0. The number of alkyl halides is 1. The molecule has 0 fully saturated rings. The normalized spacial score (nSPS) is 12.0. The average Bonchev–Trinajstić information content (AvgIpc) is 2.10. The molecule has 0 aliphatic rings. The molecular formula is C8H9Br2ClFNO. The van der Waals surface area contributed by atoms with Gasteiger partial charge in [0.2, 0.25) is 0 Å². The molecule has 80 valence electrons. The Hall–Kier alpha value is 0.160. The summed E-state index contributed by atoms with van der Waals surface area (Å²) in [7, 11) is 0. The van der Waals surface area contributed by atoms with Crippen molar-refractivity contribution in [3.63, 3.8) is 0 Å². The third-order valence-corrected chi connectivity index (χ3v) is 2.69. The van der Waals surface area contributed by atoms with Gasteiger partial charge in [-0.2, -0.15) is 0 Å². The summed E-state index contributed by atoms with van der Waals surface area (Å²) in [6.45, 7) is -0.698. The highest BCUT2D eigenvalue weighted by Crippen LogP contribution is 2.34. The van der Waals surface area contributed by atoms with E-state index in [9.17, 15) is 9.50 Å². The predicted molar refractivity (Wildman–Crippen MR) is 63.7 cm³/mol. The monoisotopic (exact) mass is 347 g/mol. The van der Waals surface area contributed by atoms with Gasteiger partial charge in [-0.05, 0) is 28.1 Å². The summed E-state index contributed by atoms with van der Waals surface area (Å²) in [6, 6.07) is 2.49. The molecule has 0 aromatic heterocycles. The molecule has 1 atom stereocenters. The first-order valence-electron chi connectivity index (χ1n) is 3.55. The Morgan fingerprint density at radius 1 is 1.43 bits per heavy atom. The number of halogens is 4. The van der Waals surface area contributed by atoms with E-state index in [4.69, 9.17) is 5.73 Å². The SMILES string of the molecule is Cl.N[C@H](CF)c1cc(Br)cc(Br)c1O. The van der Waals surface area contributed by atoms with E-state index in [1.807, 2.05) is 0 Å². The van der Waals surface area contributed by atoms with Crippen LogP contribution in [-0.2, 0) is 0 Å². The molecule has 1 aromatic rings. The molecule has 0 aliphatic carbocycles. The first-order chi connectivity index (χ1) is 6.06. The Bertz CT molecular complexity index is 324. The topological polar surface area (TPSA) is 46.2 Å². The lowest BCUT2D eigenvalue weighted by Crippen LogP contribution is -2.12. The molecule has 0 radical (unpaired) electrons. The van der Waals surface area contributed by atoms with E-state index >= 15 is 0 Å². The minimum absolute atomic E-state index is 0. The molecule has 3 N–H and O–H groups in total. The van der Waals surface area contributed by atoms with Crippen molar-refractivity contribution in [2.45, 2.75) is 6.04 Å². The molecule has 0 aliphatic heterocycles. The number of phenols is 1. The fraction of sp³-hybridized carbons (Fsp3) is 0.250. The fourth-order valence-electron chi connectivity index (χ4n) is 0.952. The van der Waals surface area contributed by atoms with Crippen molar-refractivity contribution in [1.82, 2.24) is 0 Å². The van der Waals surface area contributed by atoms with E-state index in [1.165, 1.54) is 0 Å². The lowest BCUT2D eigenvalue weighted by molar-refractivity contribution is 0.413. The van der Waals surface area contributed by atoms with Crippen LogP contribution in [0, 0.1) is 0 Å². The molecular weight excluding hydrogens is 340 g/mol. The van der Waals surface area contributed by atoms with Gasteiger partial charge in [-0.1, -0.05) is 15.9 Å². The number of rotatable bonds is 2. The van der Waals surface area contributed by atoms with E-state index in [2.05, 4.69) is 31.9 Å². The number of aromatic hydroxyl groups is 1. The lowest BCUT2D eigenvalue weighted by Gasteiger charge is -2.11. The van der Waals surface area contributed by atoms with Crippen LogP contribution in [0.15, 0.2) is 21.1 Å². The van der Waals surface area contributed by atoms with Crippen molar-refractivity contribution in [2.24, 2.45) is 5.73 Å². The molecule has 0 heterocycles.